The van der Waals surface area contributed by atoms with Crippen LogP contribution in [0.5, 0.6) is 0 Å². The van der Waals surface area contributed by atoms with Gasteiger partial charge in [0, 0.05) is 6.54 Å². The van der Waals surface area contributed by atoms with Gasteiger partial charge in [-0.05, 0) is 107 Å². The van der Waals surface area contributed by atoms with Gasteiger partial charge in [-0.1, -0.05) is 44.2 Å². The van der Waals surface area contributed by atoms with E-state index in [0.29, 0.717) is 37.6 Å². The highest BCUT2D eigenvalue weighted by molar-refractivity contribution is 5.89. The van der Waals surface area contributed by atoms with Crippen LogP contribution in [0.1, 0.15) is 91.5 Å². The van der Waals surface area contributed by atoms with E-state index >= 15 is 0 Å². The van der Waals surface area contributed by atoms with Crippen molar-refractivity contribution in [2.45, 2.75) is 116 Å². The molecule has 1 aromatic rings. The van der Waals surface area contributed by atoms with E-state index in [1.54, 1.807) is 34.6 Å². The molecule has 5 rings (SSSR count). The number of rotatable bonds is 13. The largest absolute Gasteiger partial charge is 0.459 e. The highest BCUT2D eigenvalue weighted by atomic mass is 16.6. The van der Waals surface area contributed by atoms with Crippen molar-refractivity contribution in [1.82, 2.24) is 16.0 Å². The number of unbranched alkanes of at least 4 members (excludes halogenated alkanes) is 1. The third kappa shape index (κ3) is 9.86. The number of carbonyl (C=O) groups is 4. The van der Waals surface area contributed by atoms with Gasteiger partial charge in [0.05, 0.1) is 0 Å². The van der Waals surface area contributed by atoms with E-state index < -0.39 is 35.7 Å². The number of alkyl carbamates (subject to hydrolysis) is 2. The summed E-state index contributed by atoms with van der Waals surface area (Å²) in [6.07, 6.45) is 6.50. The first-order valence-electron chi connectivity index (χ1n) is 16.3. The van der Waals surface area contributed by atoms with Crippen LogP contribution in [-0.4, -0.2) is 54.4 Å². The van der Waals surface area contributed by atoms with Crippen LogP contribution >= 0.6 is 0 Å². The van der Waals surface area contributed by atoms with Crippen molar-refractivity contribution in [3.8, 4) is 0 Å². The van der Waals surface area contributed by atoms with E-state index in [0.717, 1.165) is 17.4 Å². The lowest BCUT2D eigenvalue weighted by atomic mass is 9.55. The van der Waals surface area contributed by atoms with Gasteiger partial charge >= 0.3 is 18.2 Å². The van der Waals surface area contributed by atoms with Gasteiger partial charge in [0.25, 0.3) is 0 Å². The van der Waals surface area contributed by atoms with Gasteiger partial charge in [0.2, 0.25) is 5.91 Å². The molecule has 10 nitrogen and oxygen atoms in total. The maximum absolute atomic E-state index is 13.3. The van der Waals surface area contributed by atoms with Crippen molar-refractivity contribution >= 4 is 24.1 Å². The summed E-state index contributed by atoms with van der Waals surface area (Å²) in [4.78, 5) is 51.4. The molecule has 2 atom stereocenters. The lowest BCUT2D eigenvalue weighted by Gasteiger charge is -2.53. The maximum Gasteiger partial charge on any atom is 0.408 e. The number of carbonyl (C=O) groups excluding carboxylic acids is 4. The minimum atomic E-state index is -0.923. The molecule has 4 fully saturated rings. The van der Waals surface area contributed by atoms with E-state index in [4.69, 9.17) is 14.2 Å². The van der Waals surface area contributed by atoms with Gasteiger partial charge in [0.15, 0.2) is 0 Å². The third-order valence-corrected chi connectivity index (χ3v) is 9.02. The van der Waals surface area contributed by atoms with E-state index in [2.05, 4.69) is 16.0 Å². The summed E-state index contributed by atoms with van der Waals surface area (Å²) in [6.45, 7) is 9.32. The Morgan fingerprint density at radius 1 is 0.864 bits per heavy atom. The minimum absolute atomic E-state index is 0.0324. The summed E-state index contributed by atoms with van der Waals surface area (Å²) in [7, 11) is 0. The number of hydrogen-bond acceptors (Lipinski definition) is 7. The minimum Gasteiger partial charge on any atom is -0.459 e. The lowest BCUT2D eigenvalue weighted by Crippen LogP contribution is -2.54. The van der Waals surface area contributed by atoms with Gasteiger partial charge in [0.1, 0.15) is 30.4 Å². The second-order valence-electron chi connectivity index (χ2n) is 14.2. The highest BCUT2D eigenvalue weighted by Gasteiger charge is 2.50. The first-order chi connectivity index (χ1) is 20.9. The van der Waals surface area contributed by atoms with E-state index in [9.17, 15) is 19.2 Å². The molecule has 0 saturated heterocycles. The number of ether oxygens (including phenoxy) is 3. The average molecular weight is 614 g/mol. The molecule has 4 aliphatic rings. The van der Waals surface area contributed by atoms with Crippen molar-refractivity contribution in [1.29, 1.82) is 0 Å². The maximum atomic E-state index is 13.3. The summed E-state index contributed by atoms with van der Waals surface area (Å²) >= 11 is 0. The Bertz CT molecular complexity index is 1110. The second kappa shape index (κ2) is 15.1. The van der Waals surface area contributed by atoms with Crippen molar-refractivity contribution in [2.75, 3.05) is 6.54 Å². The summed E-state index contributed by atoms with van der Waals surface area (Å²) in [5.41, 5.74) is 0.113. The molecule has 0 radical (unpaired) electrons. The average Bonchev–Trinajstić information content (AvgIpc) is 2.94. The van der Waals surface area contributed by atoms with Crippen LogP contribution < -0.4 is 16.0 Å². The lowest BCUT2D eigenvalue weighted by molar-refractivity contribution is -0.149. The van der Waals surface area contributed by atoms with Crippen LogP contribution in [0.25, 0.3) is 0 Å². The monoisotopic (exact) mass is 613 g/mol. The summed E-state index contributed by atoms with van der Waals surface area (Å²) in [6, 6.07) is 7.48. The molecular weight excluding hydrogens is 562 g/mol. The number of benzene rings is 1. The molecule has 1 aromatic carbocycles. The molecule has 0 unspecified atom stereocenters. The van der Waals surface area contributed by atoms with Gasteiger partial charge in [-0.3, -0.25) is 4.79 Å². The van der Waals surface area contributed by atoms with Gasteiger partial charge in [-0.15, -0.1) is 0 Å². The van der Waals surface area contributed by atoms with Crippen LogP contribution in [0.3, 0.4) is 0 Å². The fourth-order valence-electron chi connectivity index (χ4n) is 7.21. The molecule has 4 aliphatic carbocycles. The number of amides is 3. The van der Waals surface area contributed by atoms with E-state index in [1.807, 2.05) is 30.3 Å². The Labute approximate surface area is 261 Å². The van der Waals surface area contributed by atoms with Crippen molar-refractivity contribution in [3.05, 3.63) is 35.9 Å². The molecule has 244 valence electrons. The van der Waals surface area contributed by atoms with Gasteiger partial charge < -0.3 is 30.2 Å². The Morgan fingerprint density at radius 2 is 1.50 bits per heavy atom. The molecule has 44 heavy (non-hydrogen) atoms. The smallest absolute Gasteiger partial charge is 0.408 e. The zero-order valence-corrected chi connectivity index (χ0v) is 26.9. The Kier molecular flexibility index (Phi) is 11.5. The Balaban J connectivity index is 1.27. The molecule has 10 heteroatoms. The van der Waals surface area contributed by atoms with Crippen LogP contribution in [0.2, 0.25) is 0 Å². The molecule has 0 heterocycles. The van der Waals surface area contributed by atoms with Crippen molar-refractivity contribution in [3.63, 3.8) is 0 Å². The summed E-state index contributed by atoms with van der Waals surface area (Å²) in [5.74, 6) is 1.33. The predicted molar refractivity (Wildman–Crippen MR) is 165 cm³/mol. The molecule has 4 saturated carbocycles. The molecule has 4 bridgehead atoms. The topological polar surface area (TPSA) is 132 Å². The number of nitrogens with one attached hydrogen (secondary N) is 3. The second-order valence-corrected chi connectivity index (χ2v) is 14.2. The molecular formula is C34H51N3O7. The fourth-order valence-corrected chi connectivity index (χ4v) is 7.21. The molecule has 0 spiro atoms. The van der Waals surface area contributed by atoms with Crippen molar-refractivity contribution < 1.29 is 33.4 Å². The molecule has 3 amide bonds. The van der Waals surface area contributed by atoms with Crippen LogP contribution in [-0.2, 0) is 30.4 Å². The summed E-state index contributed by atoms with van der Waals surface area (Å²) < 4.78 is 16.8. The van der Waals surface area contributed by atoms with Crippen LogP contribution in [0.15, 0.2) is 30.3 Å². The van der Waals surface area contributed by atoms with Crippen LogP contribution in [0, 0.1) is 29.6 Å². The van der Waals surface area contributed by atoms with Crippen LogP contribution in [0.4, 0.5) is 9.59 Å². The van der Waals surface area contributed by atoms with E-state index in [-0.39, 0.29) is 24.7 Å². The first kappa shape index (κ1) is 33.6. The first-order valence-corrected chi connectivity index (χ1v) is 16.3. The SMILES string of the molecule is CC(C)[C@H](NC(=O)OC(C)(C)C)C(=O)N[C@@H](CCCCNC(=O)OC1C2CC3CC(C2)CC1C3)C(=O)OCc1ccccc1. The quantitative estimate of drug-likeness (QED) is 0.152. The zero-order chi connectivity index (χ0) is 31.9. The van der Waals surface area contributed by atoms with Gasteiger partial charge in [-0.25, -0.2) is 14.4 Å². The standard InChI is InChI=1S/C34H51N3O7/c1-21(2)28(37-33(41)44-34(3,4)5)30(38)36-27(31(39)42-20-22-11-7-6-8-12-22)13-9-10-14-35-32(40)43-29-25-16-23-15-24(18-25)19-26(29)17-23/h6-8,11-12,21,23-29H,9-10,13-20H2,1-5H3,(H,35,40)(H,36,38)(H,37,41)/t23?,24?,25?,26?,27-,28-,29?/m0/s1. The zero-order valence-electron chi connectivity index (χ0n) is 26.9. The normalized spacial score (nSPS) is 25.1. The summed E-state index contributed by atoms with van der Waals surface area (Å²) in [5, 5.41) is 8.30. The molecule has 3 N–H and O–H groups in total. The number of hydrogen-bond donors (Lipinski definition) is 3. The Morgan fingerprint density at radius 3 is 2.09 bits per heavy atom. The predicted octanol–water partition coefficient (Wildman–Crippen LogP) is 5.49. The molecule has 0 aromatic heterocycles. The third-order valence-electron chi connectivity index (χ3n) is 9.02. The molecule has 0 aliphatic heterocycles. The number of esters is 1. The van der Waals surface area contributed by atoms with Crippen molar-refractivity contribution in [2.24, 2.45) is 29.6 Å². The van der Waals surface area contributed by atoms with E-state index in [1.165, 1.54) is 32.1 Å². The highest BCUT2D eigenvalue weighted by Crippen LogP contribution is 2.54. The fraction of sp³-hybridized carbons (Fsp3) is 0.706. The van der Waals surface area contributed by atoms with Gasteiger partial charge in [-0.2, -0.15) is 0 Å². The Hall–Kier alpha value is -3.30.